The first-order chi connectivity index (χ1) is 9.40. The van der Waals surface area contributed by atoms with Crippen LogP contribution < -0.4 is 0 Å². The normalized spacial score (nSPS) is 11.5. The third kappa shape index (κ3) is 3.50. The van der Waals surface area contributed by atoms with Crippen molar-refractivity contribution in [3.63, 3.8) is 0 Å². The van der Waals surface area contributed by atoms with Gasteiger partial charge >= 0.3 is 5.97 Å². The molecule has 1 rings (SSSR count). The highest BCUT2D eigenvalue weighted by atomic mass is 16.5. The molecule has 1 aromatic rings. The molecule has 0 aliphatic heterocycles. The summed E-state index contributed by atoms with van der Waals surface area (Å²) in [4.78, 5) is 24.6. The molecule has 20 heavy (non-hydrogen) atoms. The molecule has 0 aromatic heterocycles. The van der Waals surface area contributed by atoms with Crippen molar-refractivity contribution < 1.29 is 24.5 Å². The number of hydrogen-bond acceptors (Lipinski definition) is 5. The monoisotopic (exact) mass is 279 g/mol. The Hall–Kier alpha value is -2.50. The lowest BCUT2D eigenvalue weighted by Crippen LogP contribution is -2.43. The Bertz CT molecular complexity index is 526. The summed E-state index contributed by atoms with van der Waals surface area (Å²) in [6.45, 7) is 3.37. The van der Waals surface area contributed by atoms with Gasteiger partial charge in [0.15, 0.2) is 11.5 Å². The first-order valence-electron chi connectivity index (χ1n) is 5.88. The first-order valence-corrected chi connectivity index (χ1v) is 5.88. The summed E-state index contributed by atoms with van der Waals surface area (Å²) in [5.74, 6) is -1.53. The van der Waals surface area contributed by atoms with Gasteiger partial charge in [-0.2, -0.15) is 0 Å². The number of ether oxygens (including phenoxy) is 1. The molecule has 1 amide bonds. The molecule has 108 valence electrons. The molecule has 1 aromatic carbocycles. The predicted molar refractivity (Wildman–Crippen MR) is 72.2 cm³/mol. The second-order valence-corrected chi connectivity index (χ2v) is 4.22. The Kier molecular flexibility index (Phi) is 5.14. The third-order valence-electron chi connectivity index (χ3n) is 2.93. The van der Waals surface area contributed by atoms with Gasteiger partial charge in [-0.25, -0.2) is 4.79 Å². The maximum Gasteiger partial charge on any atom is 0.328 e. The van der Waals surface area contributed by atoms with E-state index in [-0.39, 0.29) is 17.9 Å². The highest BCUT2D eigenvalue weighted by molar-refractivity contribution is 5.91. The summed E-state index contributed by atoms with van der Waals surface area (Å²) in [5.41, 5.74) is 0.583. The number of likely N-dealkylation sites (N-methyl/N-ethyl adjacent to an activating group) is 1. The quantitative estimate of drug-likeness (QED) is 0.473. The Morgan fingerprint density at radius 3 is 2.55 bits per heavy atom. The van der Waals surface area contributed by atoms with Crippen LogP contribution in [0.3, 0.4) is 0 Å². The molecular weight excluding hydrogens is 262 g/mol. The van der Waals surface area contributed by atoms with Crippen molar-refractivity contribution in [2.24, 2.45) is 0 Å². The Balaban J connectivity index is 3.00. The number of carbonyl (C=O) groups is 2. The van der Waals surface area contributed by atoms with Gasteiger partial charge in [-0.15, -0.1) is 0 Å². The van der Waals surface area contributed by atoms with Crippen LogP contribution in [0.25, 0.3) is 0 Å². The van der Waals surface area contributed by atoms with Crippen molar-refractivity contribution in [1.82, 2.24) is 4.90 Å². The maximum atomic E-state index is 11.8. The van der Waals surface area contributed by atoms with Crippen LogP contribution in [0.2, 0.25) is 0 Å². The lowest BCUT2D eigenvalue weighted by Gasteiger charge is -2.25. The average molecular weight is 279 g/mol. The van der Waals surface area contributed by atoms with Gasteiger partial charge in [0, 0.05) is 13.5 Å². The van der Waals surface area contributed by atoms with Crippen LogP contribution in [0.5, 0.6) is 11.5 Å². The van der Waals surface area contributed by atoms with Gasteiger partial charge in [0.1, 0.15) is 6.04 Å². The molecule has 0 fully saturated rings. The van der Waals surface area contributed by atoms with E-state index < -0.39 is 17.9 Å². The zero-order valence-electron chi connectivity index (χ0n) is 11.4. The molecule has 6 heteroatoms. The molecule has 0 aliphatic carbocycles. The van der Waals surface area contributed by atoms with Crippen molar-refractivity contribution in [3.8, 4) is 11.5 Å². The van der Waals surface area contributed by atoms with Crippen LogP contribution in [0, 0.1) is 0 Å². The molecule has 0 aliphatic rings. The number of hydrogen-bond donors (Lipinski definition) is 2. The number of phenolic OH excluding ortho intramolecular Hbond substituents is 2. The number of amides is 1. The van der Waals surface area contributed by atoms with Gasteiger partial charge < -0.3 is 19.8 Å². The minimum absolute atomic E-state index is 0.149. The number of nitrogens with zero attached hydrogens (tertiary/aromatic N) is 1. The minimum Gasteiger partial charge on any atom is -0.504 e. The fraction of sp³-hybridized carbons (Fsp3) is 0.286. The fourth-order valence-electron chi connectivity index (χ4n) is 1.73. The van der Waals surface area contributed by atoms with E-state index in [1.165, 1.54) is 31.2 Å². The number of rotatable bonds is 5. The summed E-state index contributed by atoms with van der Waals surface area (Å²) in [6, 6.07) is 3.36. The highest BCUT2D eigenvalue weighted by Crippen LogP contribution is 2.26. The molecule has 0 radical (unpaired) electrons. The van der Waals surface area contributed by atoms with Gasteiger partial charge in [0.2, 0.25) is 5.91 Å². The maximum absolute atomic E-state index is 11.8. The molecule has 0 spiro atoms. The summed E-state index contributed by atoms with van der Waals surface area (Å²) < 4.78 is 4.68. The van der Waals surface area contributed by atoms with Crippen molar-refractivity contribution in [2.45, 2.75) is 12.5 Å². The van der Waals surface area contributed by atoms with Crippen LogP contribution >= 0.6 is 0 Å². The average Bonchev–Trinajstić information content (AvgIpc) is 2.45. The van der Waals surface area contributed by atoms with Crippen molar-refractivity contribution in [1.29, 1.82) is 0 Å². The lowest BCUT2D eigenvalue weighted by atomic mass is 10.0. The van der Waals surface area contributed by atoms with Crippen molar-refractivity contribution >= 4 is 11.9 Å². The Labute approximate surface area is 116 Å². The SMILES string of the molecule is C=CC(=O)N(C)C(Cc1ccc(O)c(O)c1)C(=O)OC. The van der Waals surface area contributed by atoms with Gasteiger partial charge in [-0.3, -0.25) is 4.79 Å². The molecule has 0 bridgehead atoms. The second kappa shape index (κ2) is 6.60. The van der Waals surface area contributed by atoms with Gasteiger partial charge in [0.05, 0.1) is 7.11 Å². The first kappa shape index (κ1) is 15.6. The predicted octanol–water partition coefficient (Wildman–Crippen LogP) is 0.826. The summed E-state index contributed by atoms with van der Waals surface area (Å²) >= 11 is 0. The Morgan fingerprint density at radius 1 is 1.40 bits per heavy atom. The van der Waals surface area contributed by atoms with E-state index in [1.807, 2.05) is 0 Å². The standard InChI is InChI=1S/C14H17NO5/c1-4-13(18)15(2)10(14(19)20-3)7-9-5-6-11(16)12(17)8-9/h4-6,8,10,16-17H,1,7H2,2-3H3. The molecule has 0 saturated heterocycles. The molecule has 6 nitrogen and oxygen atoms in total. The van der Waals surface area contributed by atoms with E-state index >= 15 is 0 Å². The fourth-order valence-corrected chi connectivity index (χ4v) is 1.73. The van der Waals surface area contributed by atoms with E-state index in [1.54, 1.807) is 6.07 Å². The summed E-state index contributed by atoms with van der Waals surface area (Å²) in [5, 5.41) is 18.7. The van der Waals surface area contributed by atoms with Gasteiger partial charge in [0.25, 0.3) is 0 Å². The topological polar surface area (TPSA) is 87.1 Å². The molecule has 1 atom stereocenters. The number of carbonyl (C=O) groups excluding carboxylic acids is 2. The molecule has 0 saturated carbocycles. The molecule has 2 N–H and O–H groups in total. The van der Waals surface area contributed by atoms with Crippen LogP contribution in [0.15, 0.2) is 30.9 Å². The van der Waals surface area contributed by atoms with E-state index in [0.29, 0.717) is 5.56 Å². The number of benzene rings is 1. The van der Waals surface area contributed by atoms with Crippen LogP contribution in [0.4, 0.5) is 0 Å². The number of esters is 1. The molecule has 1 unspecified atom stereocenters. The number of phenols is 2. The molecule has 0 heterocycles. The number of methoxy groups -OCH3 is 1. The van der Waals surface area contributed by atoms with E-state index in [0.717, 1.165) is 6.08 Å². The summed E-state index contributed by atoms with van der Waals surface area (Å²) in [7, 11) is 2.70. The van der Waals surface area contributed by atoms with Crippen molar-refractivity contribution in [3.05, 3.63) is 36.4 Å². The van der Waals surface area contributed by atoms with Crippen LogP contribution in [0.1, 0.15) is 5.56 Å². The Morgan fingerprint density at radius 2 is 2.05 bits per heavy atom. The van der Waals surface area contributed by atoms with Crippen LogP contribution in [-0.2, 0) is 20.7 Å². The minimum atomic E-state index is -0.838. The lowest BCUT2D eigenvalue weighted by molar-refractivity contribution is -0.150. The van der Waals surface area contributed by atoms with E-state index in [9.17, 15) is 19.8 Å². The number of aromatic hydroxyl groups is 2. The van der Waals surface area contributed by atoms with Gasteiger partial charge in [-0.05, 0) is 23.8 Å². The zero-order valence-corrected chi connectivity index (χ0v) is 11.4. The van der Waals surface area contributed by atoms with Crippen LogP contribution in [-0.4, -0.2) is 47.2 Å². The second-order valence-electron chi connectivity index (χ2n) is 4.22. The van der Waals surface area contributed by atoms with E-state index in [4.69, 9.17) is 0 Å². The van der Waals surface area contributed by atoms with E-state index in [2.05, 4.69) is 11.3 Å². The third-order valence-corrected chi connectivity index (χ3v) is 2.93. The summed E-state index contributed by atoms with van der Waals surface area (Å²) in [6.07, 6.45) is 1.25. The largest absolute Gasteiger partial charge is 0.504 e. The van der Waals surface area contributed by atoms with Gasteiger partial charge in [-0.1, -0.05) is 12.6 Å². The van der Waals surface area contributed by atoms with Crippen molar-refractivity contribution in [2.75, 3.05) is 14.2 Å². The zero-order chi connectivity index (χ0) is 15.3. The smallest absolute Gasteiger partial charge is 0.328 e. The molecular formula is C14H17NO5. The highest BCUT2D eigenvalue weighted by Gasteiger charge is 2.27.